The zero-order valence-corrected chi connectivity index (χ0v) is 15.0. The normalized spacial score (nSPS) is 14.8. The molecule has 6 heteroatoms. The highest BCUT2D eigenvalue weighted by Crippen LogP contribution is 2.56. The second-order valence-corrected chi connectivity index (χ2v) is 8.08. The Bertz CT molecular complexity index is 807. The van der Waals surface area contributed by atoms with Crippen LogP contribution in [0.3, 0.4) is 0 Å². The quantitative estimate of drug-likeness (QED) is 0.603. The van der Waals surface area contributed by atoms with Crippen LogP contribution in [0, 0.1) is 0 Å². The highest BCUT2D eigenvalue weighted by Gasteiger charge is 2.38. The lowest BCUT2D eigenvalue weighted by Gasteiger charge is -2.27. The van der Waals surface area contributed by atoms with Gasteiger partial charge in [-0.05, 0) is 24.6 Å². The number of aromatic nitrogens is 2. The third-order valence-electron chi connectivity index (χ3n) is 3.90. The molecule has 0 spiro atoms. The number of H-pyrrole nitrogens is 1. The molecule has 2 aromatic carbocycles. The summed E-state index contributed by atoms with van der Waals surface area (Å²) in [5.41, 5.74) is 1.11. The summed E-state index contributed by atoms with van der Waals surface area (Å²) in [5.74, 6) is 0.0571. The molecule has 5 nitrogen and oxygen atoms in total. The molecule has 1 heterocycles. The third kappa shape index (κ3) is 4.07. The van der Waals surface area contributed by atoms with Crippen LogP contribution in [0.5, 0.6) is 0 Å². The van der Waals surface area contributed by atoms with Gasteiger partial charge in [0, 0.05) is 24.2 Å². The van der Waals surface area contributed by atoms with Gasteiger partial charge in [-0.15, -0.1) is 0 Å². The van der Waals surface area contributed by atoms with Gasteiger partial charge in [0.2, 0.25) is 0 Å². The first-order valence-corrected chi connectivity index (χ1v) is 10.00. The van der Waals surface area contributed by atoms with E-state index in [1.54, 1.807) is 12.4 Å². The molecule has 1 aromatic heterocycles. The number of aromatic amines is 1. The summed E-state index contributed by atoms with van der Waals surface area (Å²) in [5, 5.41) is 4.06. The zero-order chi connectivity index (χ0) is 17.5. The van der Waals surface area contributed by atoms with Crippen molar-refractivity contribution in [1.29, 1.82) is 0 Å². The number of imidazole rings is 1. The molecular formula is C19H22N3O2P. The van der Waals surface area contributed by atoms with Gasteiger partial charge in [-0.2, -0.15) is 0 Å². The first-order chi connectivity index (χ1) is 12.2. The highest BCUT2D eigenvalue weighted by atomic mass is 31.2. The summed E-state index contributed by atoms with van der Waals surface area (Å²) in [6.07, 6.45) is 3.39. The SMILES string of the molecule is CCOP(=O)(c1ccccc1)C(NCc1ccccc1)c1ncc[nH]1. The van der Waals surface area contributed by atoms with E-state index in [0.29, 0.717) is 24.3 Å². The van der Waals surface area contributed by atoms with Crippen LogP contribution in [0.1, 0.15) is 24.1 Å². The Hall–Kier alpha value is -2.20. The predicted molar refractivity (Wildman–Crippen MR) is 99.9 cm³/mol. The van der Waals surface area contributed by atoms with Crippen molar-refractivity contribution in [3.05, 3.63) is 84.4 Å². The van der Waals surface area contributed by atoms with Gasteiger partial charge >= 0.3 is 0 Å². The summed E-state index contributed by atoms with van der Waals surface area (Å²) < 4.78 is 19.7. The van der Waals surface area contributed by atoms with E-state index in [1.807, 2.05) is 67.6 Å². The second-order valence-electron chi connectivity index (χ2n) is 5.59. The van der Waals surface area contributed by atoms with Gasteiger partial charge in [0.05, 0.1) is 6.61 Å². The lowest BCUT2D eigenvalue weighted by atomic mass is 10.2. The molecule has 2 unspecified atom stereocenters. The van der Waals surface area contributed by atoms with Gasteiger partial charge in [0.15, 0.2) is 0 Å². The fourth-order valence-electron chi connectivity index (χ4n) is 2.74. The van der Waals surface area contributed by atoms with Crippen LogP contribution < -0.4 is 10.6 Å². The molecule has 130 valence electrons. The molecule has 25 heavy (non-hydrogen) atoms. The summed E-state index contributed by atoms with van der Waals surface area (Å²) in [6.45, 7) is 2.78. The van der Waals surface area contributed by atoms with E-state index in [0.717, 1.165) is 5.56 Å². The molecule has 3 aromatic rings. The van der Waals surface area contributed by atoms with Crippen molar-refractivity contribution in [2.75, 3.05) is 6.61 Å². The van der Waals surface area contributed by atoms with Crippen molar-refractivity contribution in [3.63, 3.8) is 0 Å². The highest BCUT2D eigenvalue weighted by molar-refractivity contribution is 7.67. The number of rotatable bonds is 8. The van der Waals surface area contributed by atoms with E-state index in [1.165, 1.54) is 0 Å². The first kappa shape index (κ1) is 17.6. The molecule has 0 saturated carbocycles. The molecule has 0 aliphatic heterocycles. The van der Waals surface area contributed by atoms with Gasteiger partial charge in [-0.3, -0.25) is 9.88 Å². The average molecular weight is 355 g/mol. The average Bonchev–Trinajstić information content (AvgIpc) is 3.18. The molecular weight excluding hydrogens is 333 g/mol. The van der Waals surface area contributed by atoms with Gasteiger partial charge in [-0.1, -0.05) is 48.5 Å². The van der Waals surface area contributed by atoms with Crippen molar-refractivity contribution in [3.8, 4) is 0 Å². The summed E-state index contributed by atoms with van der Waals surface area (Å²) in [6, 6.07) is 19.3. The van der Waals surface area contributed by atoms with Crippen LogP contribution in [0.2, 0.25) is 0 Å². The minimum Gasteiger partial charge on any atom is -0.347 e. The molecule has 2 N–H and O–H groups in total. The standard InChI is InChI=1S/C19H22N3O2P/c1-2-24-25(23,17-11-7-4-8-12-17)19(18-20-13-14-21-18)22-15-16-9-5-3-6-10-16/h3-14,19,22H,2,15H2,1H3,(H,20,21). The van der Waals surface area contributed by atoms with Crippen molar-refractivity contribution < 1.29 is 9.09 Å². The van der Waals surface area contributed by atoms with E-state index < -0.39 is 13.2 Å². The molecule has 0 fully saturated rings. The Morgan fingerprint density at radius 3 is 2.40 bits per heavy atom. The van der Waals surface area contributed by atoms with Gasteiger partial charge in [0.1, 0.15) is 11.6 Å². The van der Waals surface area contributed by atoms with Gasteiger partial charge in [0.25, 0.3) is 7.37 Å². The molecule has 0 bridgehead atoms. The maximum Gasteiger partial charge on any atom is 0.256 e. The molecule has 0 aliphatic carbocycles. The lowest BCUT2D eigenvalue weighted by Crippen LogP contribution is -2.27. The van der Waals surface area contributed by atoms with Crippen LogP contribution >= 0.6 is 7.37 Å². The Morgan fingerprint density at radius 2 is 1.80 bits per heavy atom. The molecule has 3 rings (SSSR count). The van der Waals surface area contributed by atoms with Crippen LogP contribution in [-0.2, 0) is 15.6 Å². The monoisotopic (exact) mass is 355 g/mol. The molecule has 0 aliphatic rings. The maximum atomic E-state index is 13.9. The minimum atomic E-state index is -3.21. The molecule has 0 radical (unpaired) electrons. The number of nitrogens with one attached hydrogen (secondary N) is 2. The smallest absolute Gasteiger partial charge is 0.256 e. The number of benzene rings is 2. The van der Waals surface area contributed by atoms with Gasteiger partial charge in [-0.25, -0.2) is 4.98 Å². The zero-order valence-electron chi connectivity index (χ0n) is 14.1. The van der Waals surface area contributed by atoms with Crippen LogP contribution in [0.15, 0.2) is 73.1 Å². The van der Waals surface area contributed by atoms with E-state index in [2.05, 4.69) is 15.3 Å². The Balaban J connectivity index is 1.95. The summed E-state index contributed by atoms with van der Waals surface area (Å²) in [4.78, 5) is 7.41. The Kier molecular flexibility index (Phi) is 5.82. The molecule has 2 atom stereocenters. The number of nitrogens with zero attached hydrogens (tertiary/aromatic N) is 1. The third-order valence-corrected chi connectivity index (χ3v) is 6.66. The fraction of sp³-hybridized carbons (Fsp3) is 0.211. The van der Waals surface area contributed by atoms with Crippen molar-refractivity contribution in [1.82, 2.24) is 15.3 Å². The lowest BCUT2D eigenvalue weighted by molar-refractivity contribution is 0.326. The van der Waals surface area contributed by atoms with Crippen LogP contribution in [0.25, 0.3) is 0 Å². The number of hydrogen-bond donors (Lipinski definition) is 2. The fourth-order valence-corrected chi connectivity index (χ4v) is 5.10. The molecule has 0 saturated heterocycles. The second kappa shape index (κ2) is 8.26. The minimum absolute atomic E-state index is 0.358. The predicted octanol–water partition coefficient (Wildman–Crippen LogP) is 3.84. The van der Waals surface area contributed by atoms with E-state index in [-0.39, 0.29) is 0 Å². The first-order valence-electron chi connectivity index (χ1n) is 8.30. The van der Waals surface area contributed by atoms with Crippen LogP contribution in [-0.4, -0.2) is 16.6 Å². The van der Waals surface area contributed by atoms with Crippen molar-refractivity contribution in [2.45, 2.75) is 19.3 Å². The Labute approximate surface area is 147 Å². The topological polar surface area (TPSA) is 67.0 Å². The van der Waals surface area contributed by atoms with Crippen molar-refractivity contribution >= 4 is 12.7 Å². The molecule has 0 amide bonds. The summed E-state index contributed by atoms with van der Waals surface area (Å²) >= 11 is 0. The largest absolute Gasteiger partial charge is 0.347 e. The number of hydrogen-bond acceptors (Lipinski definition) is 4. The van der Waals surface area contributed by atoms with E-state index in [9.17, 15) is 4.57 Å². The van der Waals surface area contributed by atoms with Crippen LogP contribution in [0.4, 0.5) is 0 Å². The maximum absolute atomic E-state index is 13.9. The summed E-state index contributed by atoms with van der Waals surface area (Å²) in [7, 11) is -3.21. The Morgan fingerprint density at radius 1 is 1.12 bits per heavy atom. The van der Waals surface area contributed by atoms with E-state index >= 15 is 0 Å². The van der Waals surface area contributed by atoms with E-state index in [4.69, 9.17) is 4.52 Å². The van der Waals surface area contributed by atoms with Gasteiger partial charge < -0.3 is 9.51 Å². The van der Waals surface area contributed by atoms with Crippen molar-refractivity contribution in [2.24, 2.45) is 0 Å².